The molecule has 3 nitrogen and oxygen atoms in total. The van der Waals surface area contributed by atoms with E-state index in [2.05, 4.69) is 33.2 Å². The van der Waals surface area contributed by atoms with Gasteiger partial charge in [-0.15, -0.1) is 0 Å². The average Bonchev–Trinajstić information content (AvgIpc) is 2.31. The molecule has 1 aliphatic rings. The van der Waals surface area contributed by atoms with Gasteiger partial charge in [-0.25, -0.2) is 0 Å². The van der Waals surface area contributed by atoms with Crippen molar-refractivity contribution in [1.82, 2.24) is 5.32 Å². The maximum absolute atomic E-state index is 12.1. The van der Waals surface area contributed by atoms with Crippen molar-refractivity contribution in [3.8, 4) is 0 Å². The van der Waals surface area contributed by atoms with Crippen LogP contribution in [-0.2, 0) is 4.79 Å². The summed E-state index contributed by atoms with van der Waals surface area (Å²) in [5, 5.41) is 6.32. The minimum absolute atomic E-state index is 0.0374. The lowest BCUT2D eigenvalue weighted by molar-refractivity contribution is -0.118. The Labute approximate surface area is 122 Å². The van der Waals surface area contributed by atoms with Gasteiger partial charge in [-0.3, -0.25) is 4.79 Å². The Balaban J connectivity index is 1.91. The molecule has 1 unspecified atom stereocenters. The van der Waals surface area contributed by atoms with Crippen molar-refractivity contribution < 1.29 is 4.79 Å². The maximum atomic E-state index is 12.1. The van der Waals surface area contributed by atoms with Crippen molar-refractivity contribution in [2.24, 2.45) is 0 Å². The highest BCUT2D eigenvalue weighted by Gasteiger charge is 2.18. The second-order valence-electron chi connectivity index (χ2n) is 4.71. The second-order valence-corrected chi connectivity index (χ2v) is 5.95. The Kier molecular flexibility index (Phi) is 5.44. The van der Waals surface area contributed by atoms with Crippen molar-refractivity contribution in [3.05, 3.63) is 27.8 Å². The monoisotopic (exact) mass is 358 g/mol. The number of nitrogens with one attached hydrogen (secondary N) is 2. The molecule has 1 fully saturated rings. The summed E-state index contributed by atoms with van der Waals surface area (Å²) < 4.78 is 1.18. The van der Waals surface area contributed by atoms with Crippen molar-refractivity contribution in [1.29, 1.82) is 0 Å². The molecule has 1 aromatic rings. The molecule has 0 aromatic heterocycles. The SMILES string of the molecule is O=C(Nc1ccc(I)cc1)C1CCCCCCN1. The van der Waals surface area contributed by atoms with Gasteiger partial charge in [0.2, 0.25) is 5.91 Å². The third-order valence-corrected chi connectivity index (χ3v) is 3.96. The fraction of sp³-hybridized carbons (Fsp3) is 0.500. The summed E-state index contributed by atoms with van der Waals surface area (Å²) in [4.78, 5) is 12.1. The largest absolute Gasteiger partial charge is 0.325 e. The summed E-state index contributed by atoms with van der Waals surface area (Å²) in [6, 6.07) is 7.86. The van der Waals surface area contributed by atoms with Gasteiger partial charge in [-0.1, -0.05) is 19.3 Å². The lowest BCUT2D eigenvalue weighted by atomic mass is 10.0. The van der Waals surface area contributed by atoms with Gasteiger partial charge >= 0.3 is 0 Å². The van der Waals surface area contributed by atoms with Crippen LogP contribution in [-0.4, -0.2) is 18.5 Å². The Morgan fingerprint density at radius 2 is 1.89 bits per heavy atom. The average molecular weight is 358 g/mol. The molecule has 1 heterocycles. The molecule has 0 spiro atoms. The molecule has 2 N–H and O–H groups in total. The third kappa shape index (κ3) is 4.24. The highest BCUT2D eigenvalue weighted by atomic mass is 127. The van der Waals surface area contributed by atoms with Crippen LogP contribution in [0.25, 0.3) is 0 Å². The molecule has 18 heavy (non-hydrogen) atoms. The Morgan fingerprint density at radius 1 is 1.17 bits per heavy atom. The van der Waals surface area contributed by atoms with Gasteiger partial charge in [0.1, 0.15) is 0 Å². The van der Waals surface area contributed by atoms with Gasteiger partial charge < -0.3 is 10.6 Å². The van der Waals surface area contributed by atoms with E-state index in [1.807, 2.05) is 24.3 Å². The molecule has 0 radical (unpaired) electrons. The van der Waals surface area contributed by atoms with Crippen molar-refractivity contribution in [3.63, 3.8) is 0 Å². The predicted molar refractivity (Wildman–Crippen MR) is 82.7 cm³/mol. The Bertz CT molecular complexity index is 383. The minimum Gasteiger partial charge on any atom is -0.325 e. The van der Waals surface area contributed by atoms with E-state index in [0.717, 1.165) is 25.1 Å². The van der Waals surface area contributed by atoms with Crippen LogP contribution >= 0.6 is 22.6 Å². The number of halogens is 1. The van der Waals surface area contributed by atoms with Crippen LogP contribution in [0.5, 0.6) is 0 Å². The number of amides is 1. The number of carbonyl (C=O) groups is 1. The lowest BCUT2D eigenvalue weighted by Crippen LogP contribution is -2.41. The summed E-state index contributed by atoms with van der Waals surface area (Å²) in [6.45, 7) is 0.949. The zero-order valence-corrected chi connectivity index (χ0v) is 12.6. The molecule has 1 aliphatic heterocycles. The van der Waals surface area contributed by atoms with Crippen molar-refractivity contribution in [2.75, 3.05) is 11.9 Å². The van der Waals surface area contributed by atoms with Crippen molar-refractivity contribution >= 4 is 34.2 Å². The van der Waals surface area contributed by atoms with Gasteiger partial charge in [0.05, 0.1) is 6.04 Å². The highest BCUT2D eigenvalue weighted by Crippen LogP contribution is 2.14. The molecule has 1 atom stereocenters. The van der Waals surface area contributed by atoms with E-state index < -0.39 is 0 Å². The standard InChI is InChI=1S/C14H19IN2O/c15-11-6-8-12(9-7-11)17-14(18)13-5-3-1-2-4-10-16-13/h6-9,13,16H,1-5,10H2,(H,17,18). The molecule has 0 aliphatic carbocycles. The predicted octanol–water partition coefficient (Wildman–Crippen LogP) is 3.15. The molecule has 1 amide bonds. The highest BCUT2D eigenvalue weighted by molar-refractivity contribution is 14.1. The summed E-state index contributed by atoms with van der Waals surface area (Å²) in [6.07, 6.45) is 5.77. The van der Waals surface area contributed by atoms with E-state index >= 15 is 0 Å². The summed E-state index contributed by atoms with van der Waals surface area (Å²) >= 11 is 2.26. The van der Waals surface area contributed by atoms with Crippen LogP contribution in [0.4, 0.5) is 5.69 Å². The van der Waals surface area contributed by atoms with Crippen LogP contribution in [0, 0.1) is 3.57 Å². The zero-order valence-electron chi connectivity index (χ0n) is 10.4. The fourth-order valence-corrected chi connectivity index (χ4v) is 2.55. The van der Waals surface area contributed by atoms with Crippen LogP contribution in [0.2, 0.25) is 0 Å². The fourth-order valence-electron chi connectivity index (χ4n) is 2.19. The molecule has 1 aromatic carbocycles. The van der Waals surface area contributed by atoms with E-state index in [9.17, 15) is 4.79 Å². The van der Waals surface area contributed by atoms with Crippen LogP contribution < -0.4 is 10.6 Å². The second kappa shape index (κ2) is 7.09. The van der Waals surface area contributed by atoms with Gasteiger partial charge in [-0.05, 0) is 66.2 Å². The van der Waals surface area contributed by atoms with E-state index in [1.54, 1.807) is 0 Å². The molecule has 4 heteroatoms. The topological polar surface area (TPSA) is 41.1 Å². The Morgan fingerprint density at radius 3 is 2.67 bits per heavy atom. The van der Waals surface area contributed by atoms with Gasteiger partial charge in [0.15, 0.2) is 0 Å². The smallest absolute Gasteiger partial charge is 0.241 e. The number of hydrogen-bond donors (Lipinski definition) is 2. The van der Waals surface area contributed by atoms with Crippen LogP contribution in [0.1, 0.15) is 32.1 Å². The lowest BCUT2D eigenvalue weighted by Gasteiger charge is -2.20. The number of carbonyl (C=O) groups excluding carboxylic acids is 1. The van der Waals surface area contributed by atoms with E-state index in [-0.39, 0.29) is 11.9 Å². The van der Waals surface area contributed by atoms with Gasteiger partial charge in [0, 0.05) is 9.26 Å². The molecule has 2 rings (SSSR count). The van der Waals surface area contributed by atoms with Crippen LogP contribution in [0.3, 0.4) is 0 Å². The maximum Gasteiger partial charge on any atom is 0.241 e. The number of rotatable bonds is 2. The van der Waals surface area contributed by atoms with E-state index in [1.165, 1.54) is 22.8 Å². The summed E-state index contributed by atoms with van der Waals surface area (Å²) in [7, 11) is 0. The molecule has 0 saturated carbocycles. The van der Waals surface area contributed by atoms with E-state index in [0.29, 0.717) is 0 Å². The molecule has 98 valence electrons. The zero-order chi connectivity index (χ0) is 12.8. The van der Waals surface area contributed by atoms with Gasteiger partial charge in [-0.2, -0.15) is 0 Å². The molecule has 1 saturated heterocycles. The Hall–Kier alpha value is -0.620. The third-order valence-electron chi connectivity index (χ3n) is 3.24. The first kappa shape index (κ1) is 13.8. The number of anilines is 1. The number of benzene rings is 1. The van der Waals surface area contributed by atoms with Crippen LogP contribution in [0.15, 0.2) is 24.3 Å². The first-order valence-corrected chi connectivity index (χ1v) is 7.63. The van der Waals surface area contributed by atoms with Crippen molar-refractivity contribution in [2.45, 2.75) is 38.1 Å². The van der Waals surface area contributed by atoms with E-state index in [4.69, 9.17) is 0 Å². The summed E-state index contributed by atoms with van der Waals surface area (Å²) in [5.41, 5.74) is 0.879. The first-order valence-electron chi connectivity index (χ1n) is 6.55. The molecular formula is C14H19IN2O. The number of hydrogen-bond acceptors (Lipinski definition) is 2. The normalized spacial score (nSPS) is 20.8. The first-order chi connectivity index (χ1) is 8.75. The summed E-state index contributed by atoms with van der Waals surface area (Å²) in [5.74, 6) is 0.0955. The quantitative estimate of drug-likeness (QED) is 0.798. The van der Waals surface area contributed by atoms with Gasteiger partial charge in [0.25, 0.3) is 0 Å². The molecule has 0 bridgehead atoms. The molecular weight excluding hydrogens is 339 g/mol. The minimum atomic E-state index is -0.0374.